The Morgan fingerprint density at radius 1 is 1.62 bits per heavy atom. The highest BCUT2D eigenvalue weighted by molar-refractivity contribution is 5.10. The highest BCUT2D eigenvalue weighted by Gasteiger charge is 2.17. The fourth-order valence-corrected chi connectivity index (χ4v) is 1.76. The monoisotopic (exact) mass is 180 g/mol. The second kappa shape index (κ2) is 3.92. The molecule has 1 aliphatic rings. The minimum atomic E-state index is 0.429. The molecule has 0 aromatic carbocycles. The van der Waals surface area contributed by atoms with Crippen LogP contribution in [0, 0.1) is 0 Å². The van der Waals surface area contributed by atoms with E-state index in [1.807, 2.05) is 0 Å². The van der Waals surface area contributed by atoms with Gasteiger partial charge in [-0.1, -0.05) is 18.5 Å². The molecule has 3 nitrogen and oxygen atoms in total. The van der Waals surface area contributed by atoms with Gasteiger partial charge in [0.05, 0.1) is 6.04 Å². The van der Waals surface area contributed by atoms with Crippen LogP contribution >= 0.6 is 0 Å². The van der Waals surface area contributed by atoms with Crippen LogP contribution in [0.3, 0.4) is 0 Å². The van der Waals surface area contributed by atoms with Gasteiger partial charge in [-0.3, -0.25) is 0 Å². The molecule has 1 aromatic heterocycles. The van der Waals surface area contributed by atoms with E-state index < -0.39 is 0 Å². The second-order valence-electron chi connectivity index (χ2n) is 3.57. The van der Waals surface area contributed by atoms with Crippen molar-refractivity contribution in [1.29, 1.82) is 0 Å². The summed E-state index contributed by atoms with van der Waals surface area (Å²) in [5.74, 6) is 0.988. The topological polar surface area (TPSA) is 38.1 Å². The highest BCUT2D eigenvalue weighted by Crippen LogP contribution is 2.22. The summed E-state index contributed by atoms with van der Waals surface area (Å²) in [6, 6.07) is 2.50. The third-order valence-electron chi connectivity index (χ3n) is 2.59. The predicted molar refractivity (Wildman–Crippen MR) is 50.5 cm³/mol. The van der Waals surface area contributed by atoms with Gasteiger partial charge in [0.1, 0.15) is 11.5 Å². The van der Waals surface area contributed by atoms with Crippen LogP contribution in [0.4, 0.5) is 0 Å². The Labute approximate surface area is 78.5 Å². The fraction of sp³-hybridized carbons (Fsp3) is 0.700. The van der Waals surface area contributed by atoms with Crippen LogP contribution in [0.1, 0.15) is 43.7 Å². The van der Waals surface area contributed by atoms with Gasteiger partial charge in [0.15, 0.2) is 0 Å². The summed E-state index contributed by atoms with van der Waals surface area (Å²) in [5, 5.41) is 7.52. The van der Waals surface area contributed by atoms with E-state index in [0.29, 0.717) is 6.04 Å². The maximum atomic E-state index is 5.18. The number of aromatic nitrogens is 1. The van der Waals surface area contributed by atoms with Gasteiger partial charge in [-0.05, 0) is 19.4 Å². The average molecular weight is 180 g/mol. The Balaban J connectivity index is 2.05. The van der Waals surface area contributed by atoms with Crippen molar-refractivity contribution in [3.05, 3.63) is 17.5 Å². The van der Waals surface area contributed by atoms with Gasteiger partial charge in [-0.25, -0.2) is 0 Å². The smallest absolute Gasteiger partial charge is 0.136 e. The molecule has 1 aliphatic heterocycles. The van der Waals surface area contributed by atoms with Gasteiger partial charge in [0, 0.05) is 12.5 Å². The number of aryl methyl sites for hydroxylation is 1. The van der Waals surface area contributed by atoms with Crippen LogP contribution in [-0.2, 0) is 6.42 Å². The van der Waals surface area contributed by atoms with Crippen LogP contribution < -0.4 is 5.32 Å². The first-order valence-electron chi connectivity index (χ1n) is 5.09. The van der Waals surface area contributed by atoms with Gasteiger partial charge < -0.3 is 9.84 Å². The molecule has 1 unspecified atom stereocenters. The minimum Gasteiger partial charge on any atom is -0.361 e. The van der Waals surface area contributed by atoms with Gasteiger partial charge in [-0.15, -0.1) is 0 Å². The largest absolute Gasteiger partial charge is 0.361 e. The molecule has 2 heterocycles. The van der Waals surface area contributed by atoms with Crippen molar-refractivity contribution in [1.82, 2.24) is 10.5 Å². The Kier molecular flexibility index (Phi) is 2.64. The normalized spacial score (nSPS) is 23.3. The molecular weight excluding hydrogens is 164 g/mol. The number of hydrogen-bond donors (Lipinski definition) is 1. The van der Waals surface area contributed by atoms with Crippen molar-refractivity contribution in [3.63, 3.8) is 0 Å². The number of nitrogens with one attached hydrogen (secondary N) is 1. The van der Waals surface area contributed by atoms with E-state index in [4.69, 9.17) is 4.52 Å². The molecule has 0 radical (unpaired) electrons. The zero-order chi connectivity index (χ0) is 9.10. The summed E-state index contributed by atoms with van der Waals surface area (Å²) in [6.07, 6.45) is 4.70. The first kappa shape index (κ1) is 8.75. The van der Waals surface area contributed by atoms with Crippen molar-refractivity contribution in [2.75, 3.05) is 6.54 Å². The molecule has 0 bridgehead atoms. The third kappa shape index (κ3) is 1.91. The Morgan fingerprint density at radius 2 is 2.54 bits per heavy atom. The second-order valence-corrected chi connectivity index (χ2v) is 3.57. The lowest BCUT2D eigenvalue weighted by Gasteiger charge is -2.20. The lowest BCUT2D eigenvalue weighted by atomic mass is 10.0. The van der Waals surface area contributed by atoms with Crippen molar-refractivity contribution < 1.29 is 4.52 Å². The number of piperidine rings is 1. The van der Waals surface area contributed by atoms with E-state index in [1.165, 1.54) is 19.3 Å². The van der Waals surface area contributed by atoms with Gasteiger partial charge >= 0.3 is 0 Å². The molecular formula is C10H16N2O. The van der Waals surface area contributed by atoms with Crippen molar-refractivity contribution in [3.8, 4) is 0 Å². The molecule has 13 heavy (non-hydrogen) atoms. The third-order valence-corrected chi connectivity index (χ3v) is 2.59. The SMILES string of the molecule is CCc1cc(C2CCCCN2)no1. The van der Waals surface area contributed by atoms with Crippen LogP contribution in [0.25, 0.3) is 0 Å². The molecule has 0 amide bonds. The van der Waals surface area contributed by atoms with Crippen LogP contribution in [0.2, 0.25) is 0 Å². The first-order valence-corrected chi connectivity index (χ1v) is 5.09. The molecule has 72 valence electrons. The summed E-state index contributed by atoms with van der Waals surface area (Å²) in [4.78, 5) is 0. The molecule has 0 spiro atoms. The van der Waals surface area contributed by atoms with Crippen molar-refractivity contribution in [2.45, 2.75) is 38.6 Å². The minimum absolute atomic E-state index is 0.429. The molecule has 3 heteroatoms. The standard InChI is InChI=1S/C10H16N2O/c1-2-8-7-10(12-13-8)9-5-3-4-6-11-9/h7,9,11H,2-6H2,1H3. The van der Waals surface area contributed by atoms with E-state index in [0.717, 1.165) is 24.4 Å². The molecule has 1 fully saturated rings. The van der Waals surface area contributed by atoms with E-state index in [-0.39, 0.29) is 0 Å². The van der Waals surface area contributed by atoms with E-state index in [2.05, 4.69) is 23.5 Å². The van der Waals surface area contributed by atoms with Crippen molar-refractivity contribution in [2.24, 2.45) is 0 Å². The summed E-state index contributed by atoms with van der Waals surface area (Å²) in [7, 11) is 0. The maximum Gasteiger partial charge on any atom is 0.136 e. The Hall–Kier alpha value is -0.830. The Bertz CT molecular complexity index is 264. The highest BCUT2D eigenvalue weighted by atomic mass is 16.5. The zero-order valence-corrected chi connectivity index (χ0v) is 8.05. The molecule has 0 saturated carbocycles. The first-order chi connectivity index (χ1) is 6.40. The van der Waals surface area contributed by atoms with Gasteiger partial charge in [-0.2, -0.15) is 0 Å². The average Bonchev–Trinajstić information content (AvgIpc) is 2.67. The van der Waals surface area contributed by atoms with Crippen LogP contribution in [0.15, 0.2) is 10.6 Å². The summed E-state index contributed by atoms with van der Waals surface area (Å²) in [5.41, 5.74) is 1.08. The van der Waals surface area contributed by atoms with Gasteiger partial charge in [0.2, 0.25) is 0 Å². The number of nitrogens with zero attached hydrogens (tertiary/aromatic N) is 1. The van der Waals surface area contributed by atoms with E-state index in [9.17, 15) is 0 Å². The lowest BCUT2D eigenvalue weighted by Crippen LogP contribution is -2.26. The fourth-order valence-electron chi connectivity index (χ4n) is 1.76. The van der Waals surface area contributed by atoms with Crippen molar-refractivity contribution >= 4 is 0 Å². The number of hydrogen-bond acceptors (Lipinski definition) is 3. The maximum absolute atomic E-state index is 5.18. The molecule has 1 aromatic rings. The molecule has 1 saturated heterocycles. The van der Waals surface area contributed by atoms with Crippen LogP contribution in [-0.4, -0.2) is 11.7 Å². The Morgan fingerprint density at radius 3 is 3.15 bits per heavy atom. The lowest BCUT2D eigenvalue weighted by molar-refractivity contribution is 0.350. The molecule has 0 aliphatic carbocycles. The summed E-state index contributed by atoms with van der Waals surface area (Å²) < 4.78 is 5.18. The molecule has 1 atom stereocenters. The van der Waals surface area contributed by atoms with E-state index in [1.54, 1.807) is 0 Å². The predicted octanol–water partition coefficient (Wildman–Crippen LogP) is 2.05. The quantitative estimate of drug-likeness (QED) is 0.757. The summed E-state index contributed by atoms with van der Waals surface area (Å²) in [6.45, 7) is 3.19. The molecule has 2 rings (SSSR count). The van der Waals surface area contributed by atoms with E-state index >= 15 is 0 Å². The van der Waals surface area contributed by atoms with Crippen LogP contribution in [0.5, 0.6) is 0 Å². The molecule has 1 N–H and O–H groups in total. The zero-order valence-electron chi connectivity index (χ0n) is 8.05. The summed E-state index contributed by atoms with van der Waals surface area (Å²) >= 11 is 0. The number of rotatable bonds is 2. The van der Waals surface area contributed by atoms with Gasteiger partial charge in [0.25, 0.3) is 0 Å².